The van der Waals surface area contributed by atoms with Crippen molar-refractivity contribution in [3.8, 4) is 5.75 Å². The van der Waals surface area contributed by atoms with E-state index >= 15 is 0 Å². The summed E-state index contributed by atoms with van der Waals surface area (Å²) in [6, 6.07) is 12.1. The van der Waals surface area contributed by atoms with Crippen LogP contribution in [0.3, 0.4) is 0 Å². The Morgan fingerprint density at radius 2 is 1.69 bits per heavy atom. The summed E-state index contributed by atoms with van der Waals surface area (Å²) >= 11 is 3.30. The number of alkyl halides is 3. The Morgan fingerprint density at radius 1 is 1.03 bits per heavy atom. The predicted molar refractivity (Wildman–Crippen MR) is 140 cm³/mol. The summed E-state index contributed by atoms with van der Waals surface area (Å²) in [5.74, 6) is -0.108. The van der Waals surface area contributed by atoms with Crippen molar-refractivity contribution in [2.75, 3.05) is 13.6 Å². The van der Waals surface area contributed by atoms with Crippen molar-refractivity contribution in [1.29, 1.82) is 0 Å². The van der Waals surface area contributed by atoms with Crippen LogP contribution in [0, 0.1) is 0 Å². The molecule has 4 nitrogen and oxygen atoms in total. The van der Waals surface area contributed by atoms with Crippen LogP contribution in [0.25, 0.3) is 10.9 Å². The lowest BCUT2D eigenvalue weighted by atomic mass is 9.73. The second-order valence-electron chi connectivity index (χ2n) is 9.47. The standard InChI is InChI=1S/C25H30BrF3N2O2.C2H6/c1-5-31(4)14-16-6-8-21-17(10-16)11-19(30-21)13-24(33,25(27,28)29)15-23(2,3)20-12-18(26)7-9-22(20)32;1-2/h6-12,30,32-33H,5,13-15H2,1-4H3;1-2H3. The first-order valence-corrected chi connectivity index (χ1v) is 12.6. The van der Waals surface area contributed by atoms with Gasteiger partial charge < -0.3 is 20.1 Å². The fraction of sp³-hybridized carbons (Fsp3) is 0.481. The molecule has 0 aliphatic rings. The van der Waals surface area contributed by atoms with Crippen LogP contribution in [-0.2, 0) is 18.4 Å². The van der Waals surface area contributed by atoms with E-state index in [2.05, 4.69) is 32.7 Å². The van der Waals surface area contributed by atoms with Crippen LogP contribution in [0.15, 0.2) is 46.9 Å². The summed E-state index contributed by atoms with van der Waals surface area (Å²) in [5, 5.41) is 22.0. The highest BCUT2D eigenvalue weighted by atomic mass is 79.9. The van der Waals surface area contributed by atoms with Gasteiger partial charge in [0, 0.05) is 34.2 Å². The van der Waals surface area contributed by atoms with Crippen LogP contribution in [0.2, 0.25) is 0 Å². The zero-order valence-electron chi connectivity index (χ0n) is 21.2. The third-order valence-corrected chi connectivity index (χ3v) is 6.66. The van der Waals surface area contributed by atoms with Crippen molar-refractivity contribution < 1.29 is 23.4 Å². The molecule has 3 rings (SSSR count). The number of fused-ring (bicyclic) bond motifs is 1. The molecule has 8 heteroatoms. The Kier molecular flexibility index (Phi) is 9.47. The molecule has 0 amide bonds. The van der Waals surface area contributed by atoms with Gasteiger partial charge in [0.15, 0.2) is 5.60 Å². The number of H-pyrrole nitrogens is 1. The quantitative estimate of drug-likeness (QED) is 0.272. The zero-order chi connectivity index (χ0) is 26.6. The number of nitrogens with one attached hydrogen (secondary N) is 1. The second kappa shape index (κ2) is 11.4. The maximum atomic E-state index is 14.2. The third-order valence-electron chi connectivity index (χ3n) is 6.17. The largest absolute Gasteiger partial charge is 0.508 e. The van der Waals surface area contributed by atoms with Gasteiger partial charge in [-0.2, -0.15) is 13.2 Å². The van der Waals surface area contributed by atoms with E-state index in [4.69, 9.17) is 0 Å². The van der Waals surface area contributed by atoms with Crippen LogP contribution >= 0.6 is 15.9 Å². The van der Waals surface area contributed by atoms with Crippen molar-refractivity contribution in [3.63, 3.8) is 0 Å². The van der Waals surface area contributed by atoms with Gasteiger partial charge in [0.25, 0.3) is 0 Å². The van der Waals surface area contributed by atoms with E-state index in [1.54, 1.807) is 32.0 Å². The minimum absolute atomic E-state index is 0.108. The number of benzene rings is 2. The van der Waals surface area contributed by atoms with E-state index in [0.717, 1.165) is 29.6 Å². The van der Waals surface area contributed by atoms with Crippen LogP contribution in [0.4, 0.5) is 13.2 Å². The molecule has 0 radical (unpaired) electrons. The maximum Gasteiger partial charge on any atom is 0.417 e. The third kappa shape index (κ3) is 7.02. The first kappa shape index (κ1) is 29.2. The van der Waals surface area contributed by atoms with Gasteiger partial charge in [-0.1, -0.05) is 56.6 Å². The average Bonchev–Trinajstić information content (AvgIpc) is 3.16. The summed E-state index contributed by atoms with van der Waals surface area (Å²) in [5.41, 5.74) is -1.71. The molecule has 3 N–H and O–H groups in total. The zero-order valence-corrected chi connectivity index (χ0v) is 22.8. The van der Waals surface area contributed by atoms with E-state index in [9.17, 15) is 23.4 Å². The smallest absolute Gasteiger partial charge is 0.417 e. The minimum Gasteiger partial charge on any atom is -0.508 e. The Bertz CT molecular complexity index is 1130. The summed E-state index contributed by atoms with van der Waals surface area (Å²) < 4.78 is 43.2. The topological polar surface area (TPSA) is 59.5 Å². The monoisotopic (exact) mass is 556 g/mol. The molecule has 194 valence electrons. The Hall–Kier alpha value is -2.03. The lowest BCUT2D eigenvalue weighted by Crippen LogP contribution is -2.50. The van der Waals surface area contributed by atoms with Gasteiger partial charge in [-0.15, -0.1) is 0 Å². The molecule has 0 fully saturated rings. The molecule has 3 aromatic rings. The van der Waals surface area contributed by atoms with E-state index < -0.39 is 30.0 Å². The molecule has 2 aromatic carbocycles. The number of rotatable bonds is 8. The lowest BCUT2D eigenvalue weighted by molar-refractivity contribution is -0.266. The maximum absolute atomic E-state index is 14.2. The van der Waals surface area contributed by atoms with Gasteiger partial charge in [-0.05, 0) is 72.8 Å². The molecule has 0 aliphatic carbocycles. The molecular formula is C27H36BrF3N2O2. The summed E-state index contributed by atoms with van der Waals surface area (Å²) in [7, 11) is 2.00. The Labute approximate surface area is 214 Å². The highest BCUT2D eigenvalue weighted by Crippen LogP contribution is 2.45. The van der Waals surface area contributed by atoms with E-state index in [1.807, 2.05) is 39.1 Å². The van der Waals surface area contributed by atoms with Gasteiger partial charge in [0.2, 0.25) is 0 Å². The molecule has 0 saturated carbocycles. The van der Waals surface area contributed by atoms with Gasteiger partial charge in [-0.3, -0.25) is 0 Å². The molecule has 1 heterocycles. The van der Waals surface area contributed by atoms with Crippen LogP contribution in [0.5, 0.6) is 5.75 Å². The van der Waals surface area contributed by atoms with Gasteiger partial charge >= 0.3 is 6.18 Å². The normalized spacial score (nSPS) is 14.1. The fourth-order valence-electron chi connectivity index (χ4n) is 4.31. The number of phenolic OH excluding ortho intramolecular Hbond substituents is 1. The molecule has 1 aromatic heterocycles. The molecule has 1 atom stereocenters. The van der Waals surface area contributed by atoms with Crippen LogP contribution in [-0.4, -0.2) is 45.5 Å². The molecule has 0 aliphatic heterocycles. The molecular weight excluding hydrogens is 521 g/mol. The predicted octanol–water partition coefficient (Wildman–Crippen LogP) is 7.32. The fourth-order valence-corrected chi connectivity index (χ4v) is 4.68. The SMILES string of the molecule is CC.CCN(C)Cc1ccc2[nH]c(CC(O)(CC(C)(C)c3cc(Br)ccc3O)C(F)(F)F)cc2c1. The number of halogens is 4. The minimum atomic E-state index is -4.86. The number of phenols is 1. The van der Waals surface area contributed by atoms with Crippen molar-refractivity contribution >= 4 is 26.8 Å². The number of aliphatic hydroxyl groups is 1. The van der Waals surface area contributed by atoms with Crippen molar-refractivity contribution in [2.45, 2.75) is 71.2 Å². The first-order valence-electron chi connectivity index (χ1n) is 11.8. The van der Waals surface area contributed by atoms with Crippen molar-refractivity contribution in [2.24, 2.45) is 0 Å². The van der Waals surface area contributed by atoms with E-state index in [1.165, 1.54) is 6.07 Å². The van der Waals surface area contributed by atoms with E-state index in [0.29, 0.717) is 15.7 Å². The van der Waals surface area contributed by atoms with Crippen LogP contribution < -0.4 is 0 Å². The molecule has 0 saturated heterocycles. The van der Waals surface area contributed by atoms with Gasteiger partial charge in [0.05, 0.1) is 0 Å². The number of hydrogen-bond donors (Lipinski definition) is 3. The lowest BCUT2D eigenvalue weighted by Gasteiger charge is -2.38. The van der Waals surface area contributed by atoms with Crippen LogP contribution in [0.1, 0.15) is 57.9 Å². The highest BCUT2D eigenvalue weighted by Gasteiger charge is 2.56. The number of hydrogen-bond acceptors (Lipinski definition) is 3. The molecule has 0 spiro atoms. The first-order chi connectivity index (χ1) is 16.2. The number of aromatic amines is 1. The van der Waals surface area contributed by atoms with Gasteiger partial charge in [-0.25, -0.2) is 0 Å². The second-order valence-corrected chi connectivity index (χ2v) is 10.4. The number of aromatic nitrogens is 1. The molecule has 1 unspecified atom stereocenters. The Balaban J connectivity index is 0.00000210. The molecule has 35 heavy (non-hydrogen) atoms. The summed E-state index contributed by atoms with van der Waals surface area (Å²) in [6.45, 7) is 10.9. The van der Waals surface area contributed by atoms with Gasteiger partial charge in [0.1, 0.15) is 5.75 Å². The summed E-state index contributed by atoms with van der Waals surface area (Å²) in [4.78, 5) is 5.17. The summed E-state index contributed by atoms with van der Waals surface area (Å²) in [6.07, 6.45) is -6.10. The number of nitrogens with zero attached hydrogens (tertiary/aromatic N) is 1. The average molecular weight is 557 g/mol. The van der Waals surface area contributed by atoms with Crippen molar-refractivity contribution in [1.82, 2.24) is 9.88 Å². The van der Waals surface area contributed by atoms with Crippen molar-refractivity contribution in [3.05, 3.63) is 63.8 Å². The highest BCUT2D eigenvalue weighted by molar-refractivity contribution is 9.10. The number of aromatic hydroxyl groups is 1. The van der Waals surface area contributed by atoms with E-state index in [-0.39, 0.29) is 5.75 Å². The molecule has 0 bridgehead atoms. The Morgan fingerprint density at radius 3 is 2.29 bits per heavy atom.